The van der Waals surface area contributed by atoms with Crippen LogP contribution in [0.2, 0.25) is 0 Å². The molecule has 4 rings (SSSR count). The van der Waals surface area contributed by atoms with Crippen LogP contribution in [0, 0.1) is 5.82 Å². The van der Waals surface area contributed by atoms with Gasteiger partial charge >= 0.3 is 0 Å². The van der Waals surface area contributed by atoms with Gasteiger partial charge in [0, 0.05) is 37.7 Å². The standard InChI is InChI=1S/C21H23FN4O3S2/c1-25(2)31(27,28)19-7-3-5-15(13-19)20-23-24-21(30-14-18-6-4-12-29-18)26(20)17-10-8-16(22)9-11-17/h3,5,7-11,13,18H,4,6,12,14H2,1-2H3. The highest BCUT2D eigenvalue weighted by molar-refractivity contribution is 7.99. The SMILES string of the molecule is CN(C)S(=O)(=O)c1cccc(-c2nnc(SCC3CCCO3)n2-c2ccc(F)cc2)c1. The van der Waals surface area contributed by atoms with Crippen LogP contribution in [-0.2, 0) is 14.8 Å². The summed E-state index contributed by atoms with van der Waals surface area (Å²) >= 11 is 1.52. The second-order valence-electron chi connectivity index (χ2n) is 7.38. The Labute approximate surface area is 185 Å². The molecule has 0 amide bonds. The first-order chi connectivity index (χ1) is 14.9. The molecular formula is C21H23FN4O3S2. The average molecular weight is 463 g/mol. The molecule has 2 heterocycles. The predicted octanol–water partition coefficient (Wildman–Crippen LogP) is 3.59. The van der Waals surface area contributed by atoms with Crippen molar-refractivity contribution in [3.05, 3.63) is 54.3 Å². The van der Waals surface area contributed by atoms with Crippen LogP contribution in [0.15, 0.2) is 58.6 Å². The van der Waals surface area contributed by atoms with Crippen molar-refractivity contribution in [2.45, 2.75) is 29.0 Å². The summed E-state index contributed by atoms with van der Waals surface area (Å²) in [5.74, 6) is 0.872. The molecule has 0 radical (unpaired) electrons. The Morgan fingerprint density at radius 3 is 2.65 bits per heavy atom. The van der Waals surface area contributed by atoms with Gasteiger partial charge in [-0.25, -0.2) is 17.1 Å². The van der Waals surface area contributed by atoms with Gasteiger partial charge in [0.1, 0.15) is 5.82 Å². The van der Waals surface area contributed by atoms with Gasteiger partial charge < -0.3 is 4.74 Å². The Balaban J connectivity index is 1.76. The van der Waals surface area contributed by atoms with Crippen LogP contribution in [0.5, 0.6) is 0 Å². The third kappa shape index (κ3) is 4.67. The highest BCUT2D eigenvalue weighted by Crippen LogP contribution is 2.31. The van der Waals surface area contributed by atoms with Gasteiger partial charge in [0.25, 0.3) is 0 Å². The van der Waals surface area contributed by atoms with Crippen molar-refractivity contribution in [1.29, 1.82) is 0 Å². The zero-order valence-corrected chi connectivity index (χ0v) is 18.9. The summed E-state index contributed by atoms with van der Waals surface area (Å²) in [6.07, 6.45) is 2.23. The molecule has 31 heavy (non-hydrogen) atoms. The van der Waals surface area contributed by atoms with E-state index < -0.39 is 10.0 Å². The summed E-state index contributed by atoms with van der Waals surface area (Å²) in [6.45, 7) is 0.772. The summed E-state index contributed by atoms with van der Waals surface area (Å²) in [5, 5.41) is 9.33. The van der Waals surface area contributed by atoms with E-state index in [0.717, 1.165) is 25.2 Å². The Hall–Kier alpha value is -2.27. The number of sulfonamides is 1. The maximum absolute atomic E-state index is 13.5. The zero-order valence-electron chi connectivity index (χ0n) is 17.2. The highest BCUT2D eigenvalue weighted by Gasteiger charge is 2.22. The molecule has 1 aromatic heterocycles. The van der Waals surface area contributed by atoms with E-state index in [1.807, 2.05) is 4.57 Å². The molecule has 1 unspecified atom stereocenters. The van der Waals surface area contributed by atoms with Crippen LogP contribution in [0.3, 0.4) is 0 Å². The van der Waals surface area contributed by atoms with Crippen LogP contribution >= 0.6 is 11.8 Å². The quantitative estimate of drug-likeness (QED) is 0.500. The van der Waals surface area contributed by atoms with Crippen molar-refractivity contribution in [2.24, 2.45) is 0 Å². The molecule has 7 nitrogen and oxygen atoms in total. The number of benzene rings is 2. The van der Waals surface area contributed by atoms with E-state index in [4.69, 9.17) is 4.74 Å². The van der Waals surface area contributed by atoms with E-state index in [-0.39, 0.29) is 16.8 Å². The third-order valence-electron chi connectivity index (χ3n) is 5.01. The second kappa shape index (κ2) is 9.07. The van der Waals surface area contributed by atoms with Gasteiger partial charge in [-0.15, -0.1) is 10.2 Å². The first-order valence-corrected chi connectivity index (χ1v) is 12.3. The molecule has 3 aromatic rings. The fourth-order valence-electron chi connectivity index (χ4n) is 3.32. The summed E-state index contributed by atoms with van der Waals surface area (Å²) < 4.78 is 47.4. The normalized spacial score (nSPS) is 16.8. The molecule has 1 aliphatic heterocycles. The lowest BCUT2D eigenvalue weighted by Crippen LogP contribution is -2.22. The third-order valence-corrected chi connectivity index (χ3v) is 7.88. The topological polar surface area (TPSA) is 77.3 Å². The molecule has 0 N–H and O–H groups in total. The molecule has 2 aromatic carbocycles. The molecular weight excluding hydrogens is 439 g/mol. The van der Waals surface area contributed by atoms with Crippen molar-refractivity contribution >= 4 is 21.8 Å². The molecule has 10 heteroatoms. The average Bonchev–Trinajstić information content (AvgIpc) is 3.42. The largest absolute Gasteiger partial charge is 0.377 e. The fourth-order valence-corrected chi connectivity index (χ4v) is 5.29. The molecule has 1 saturated heterocycles. The maximum Gasteiger partial charge on any atom is 0.242 e. The van der Waals surface area contributed by atoms with Gasteiger partial charge in [0.2, 0.25) is 10.0 Å². The van der Waals surface area contributed by atoms with Gasteiger partial charge in [-0.1, -0.05) is 23.9 Å². The zero-order chi connectivity index (χ0) is 22.0. The van der Waals surface area contributed by atoms with Crippen LogP contribution in [0.25, 0.3) is 17.1 Å². The van der Waals surface area contributed by atoms with Gasteiger partial charge in [-0.3, -0.25) is 4.57 Å². The van der Waals surface area contributed by atoms with Crippen molar-refractivity contribution in [3.8, 4) is 17.1 Å². The molecule has 0 aliphatic carbocycles. The molecule has 1 atom stereocenters. The van der Waals surface area contributed by atoms with Crippen molar-refractivity contribution < 1.29 is 17.5 Å². The van der Waals surface area contributed by atoms with Crippen LogP contribution in [0.4, 0.5) is 4.39 Å². The van der Waals surface area contributed by atoms with E-state index in [1.165, 1.54) is 42.3 Å². The van der Waals surface area contributed by atoms with E-state index in [0.29, 0.717) is 22.2 Å². The van der Waals surface area contributed by atoms with Gasteiger partial charge in [-0.05, 0) is 49.2 Å². The first kappa shape index (κ1) is 21.9. The van der Waals surface area contributed by atoms with Crippen LogP contribution in [0.1, 0.15) is 12.8 Å². The number of aromatic nitrogens is 3. The molecule has 0 saturated carbocycles. The van der Waals surface area contributed by atoms with E-state index >= 15 is 0 Å². The monoisotopic (exact) mass is 462 g/mol. The summed E-state index contributed by atoms with van der Waals surface area (Å²) in [5.41, 5.74) is 1.29. The molecule has 1 fully saturated rings. The lowest BCUT2D eigenvalue weighted by molar-refractivity contribution is 0.129. The number of thioether (sulfide) groups is 1. The summed E-state index contributed by atoms with van der Waals surface area (Å²) in [6, 6.07) is 12.6. The van der Waals surface area contributed by atoms with Gasteiger partial charge in [-0.2, -0.15) is 0 Å². The highest BCUT2D eigenvalue weighted by atomic mass is 32.2. The minimum Gasteiger partial charge on any atom is -0.377 e. The van der Waals surface area contributed by atoms with E-state index in [9.17, 15) is 12.8 Å². The predicted molar refractivity (Wildman–Crippen MR) is 117 cm³/mol. The van der Waals surface area contributed by atoms with Gasteiger partial charge in [0.15, 0.2) is 11.0 Å². The number of rotatable bonds is 7. The molecule has 164 valence electrons. The Morgan fingerprint density at radius 1 is 1.19 bits per heavy atom. The van der Waals surface area contributed by atoms with Crippen LogP contribution in [-0.4, -0.2) is 60.0 Å². The summed E-state index contributed by atoms with van der Waals surface area (Å²) in [4.78, 5) is 0.164. The lowest BCUT2D eigenvalue weighted by atomic mass is 10.2. The number of ether oxygens (including phenoxy) is 1. The molecule has 0 spiro atoms. The number of hydrogen-bond acceptors (Lipinski definition) is 6. The van der Waals surface area contributed by atoms with Crippen molar-refractivity contribution in [2.75, 3.05) is 26.5 Å². The van der Waals surface area contributed by atoms with E-state index in [2.05, 4.69) is 10.2 Å². The minimum absolute atomic E-state index is 0.164. The van der Waals surface area contributed by atoms with Crippen LogP contribution < -0.4 is 0 Å². The molecule has 1 aliphatic rings. The lowest BCUT2D eigenvalue weighted by Gasteiger charge is -2.14. The first-order valence-electron chi connectivity index (χ1n) is 9.85. The van der Waals surface area contributed by atoms with Gasteiger partial charge in [0.05, 0.1) is 11.0 Å². The van der Waals surface area contributed by atoms with Crippen molar-refractivity contribution in [1.82, 2.24) is 19.1 Å². The Bertz CT molecular complexity index is 1160. The molecule has 0 bridgehead atoms. The fraction of sp³-hybridized carbons (Fsp3) is 0.333. The Morgan fingerprint density at radius 2 is 1.97 bits per heavy atom. The number of nitrogens with zero attached hydrogens (tertiary/aromatic N) is 4. The number of hydrogen-bond donors (Lipinski definition) is 0. The second-order valence-corrected chi connectivity index (χ2v) is 10.5. The number of halogens is 1. The Kier molecular flexibility index (Phi) is 6.42. The minimum atomic E-state index is -3.60. The summed E-state index contributed by atoms with van der Waals surface area (Å²) in [7, 11) is -0.623. The smallest absolute Gasteiger partial charge is 0.242 e. The maximum atomic E-state index is 13.5. The van der Waals surface area contributed by atoms with Crippen molar-refractivity contribution in [3.63, 3.8) is 0 Å². The van der Waals surface area contributed by atoms with E-state index in [1.54, 1.807) is 36.4 Å².